The molecule has 0 bridgehead atoms. The normalized spacial score (nSPS) is 23.4. The van der Waals surface area contributed by atoms with Gasteiger partial charge in [-0.25, -0.2) is 0 Å². The van der Waals surface area contributed by atoms with Crippen molar-refractivity contribution in [1.29, 1.82) is 0 Å². The van der Waals surface area contributed by atoms with Crippen LogP contribution in [0.1, 0.15) is 70.6 Å². The Kier molecular flexibility index (Phi) is 9.37. The van der Waals surface area contributed by atoms with Crippen molar-refractivity contribution in [3.63, 3.8) is 0 Å². The Hall–Kier alpha value is -0.320. The van der Waals surface area contributed by atoms with Crippen LogP contribution in [0.4, 0.5) is 0 Å². The van der Waals surface area contributed by atoms with Gasteiger partial charge in [-0.3, -0.25) is 4.79 Å². The van der Waals surface area contributed by atoms with Crippen LogP contribution in [0.5, 0.6) is 0 Å². The molecule has 0 aromatic carbocycles. The maximum atomic E-state index is 12.0. The Morgan fingerprint density at radius 2 is 1.50 bits per heavy atom. The van der Waals surface area contributed by atoms with Crippen LogP contribution in [0.25, 0.3) is 0 Å². The molecule has 2 saturated carbocycles. The lowest BCUT2D eigenvalue weighted by Crippen LogP contribution is -2.48. The second-order valence-electron chi connectivity index (χ2n) is 7.10. The van der Waals surface area contributed by atoms with Gasteiger partial charge in [0.15, 0.2) is 0 Å². The summed E-state index contributed by atoms with van der Waals surface area (Å²) in [5.74, 6) is 0.905. The highest BCUT2D eigenvalue weighted by Gasteiger charge is 2.27. The number of aliphatic hydroxyl groups is 1. The van der Waals surface area contributed by atoms with E-state index in [2.05, 4.69) is 5.32 Å². The molecule has 22 heavy (non-hydrogen) atoms. The summed E-state index contributed by atoms with van der Waals surface area (Å²) in [5.41, 5.74) is 6.05. The molecule has 130 valence electrons. The van der Waals surface area contributed by atoms with Gasteiger partial charge in [0.05, 0.1) is 0 Å². The molecule has 0 spiro atoms. The highest BCUT2D eigenvalue weighted by molar-refractivity contribution is 5.85. The maximum Gasteiger partial charge on any atom is 0.250 e. The van der Waals surface area contributed by atoms with Gasteiger partial charge in [-0.1, -0.05) is 51.4 Å². The fourth-order valence-electron chi connectivity index (χ4n) is 3.87. The molecule has 0 aromatic heterocycles. The van der Waals surface area contributed by atoms with Crippen molar-refractivity contribution in [2.75, 3.05) is 6.54 Å². The Labute approximate surface area is 141 Å². The Morgan fingerprint density at radius 3 is 2.05 bits per heavy atom. The topological polar surface area (TPSA) is 75.3 Å². The van der Waals surface area contributed by atoms with E-state index in [1.54, 1.807) is 0 Å². The van der Waals surface area contributed by atoms with Gasteiger partial charge in [-0.05, 0) is 31.1 Å². The van der Waals surface area contributed by atoms with Crippen molar-refractivity contribution in [3.05, 3.63) is 0 Å². The largest absolute Gasteiger partial charge is 0.382 e. The lowest BCUT2D eigenvalue weighted by molar-refractivity contribution is -0.130. The van der Waals surface area contributed by atoms with Crippen molar-refractivity contribution >= 4 is 18.3 Å². The number of carbonyl (C=O) groups excluding carboxylic acids is 1. The van der Waals surface area contributed by atoms with Gasteiger partial charge in [0.25, 0.3) is 0 Å². The minimum atomic E-state index is -1.05. The van der Waals surface area contributed by atoms with E-state index in [-0.39, 0.29) is 18.3 Å². The van der Waals surface area contributed by atoms with Crippen LogP contribution in [0, 0.1) is 11.8 Å². The molecule has 0 aromatic rings. The number of aliphatic hydroxyl groups excluding tert-OH is 1. The molecule has 2 fully saturated rings. The van der Waals surface area contributed by atoms with Gasteiger partial charge < -0.3 is 16.2 Å². The van der Waals surface area contributed by atoms with Gasteiger partial charge in [-0.2, -0.15) is 0 Å². The summed E-state index contributed by atoms with van der Waals surface area (Å²) in [6.07, 6.45) is 12.2. The molecule has 0 aliphatic heterocycles. The SMILES string of the molecule is Cl.N[C@H](CC1CCCCC1)C(O)C(=O)NCC1CCCCC1. The summed E-state index contributed by atoms with van der Waals surface area (Å²) in [6.45, 7) is 0.700. The van der Waals surface area contributed by atoms with Gasteiger partial charge >= 0.3 is 0 Å². The lowest BCUT2D eigenvalue weighted by Gasteiger charge is -2.27. The van der Waals surface area contributed by atoms with E-state index < -0.39 is 12.1 Å². The summed E-state index contributed by atoms with van der Waals surface area (Å²) >= 11 is 0. The molecule has 4 N–H and O–H groups in total. The number of hydrogen-bond donors (Lipinski definition) is 3. The highest BCUT2D eigenvalue weighted by atomic mass is 35.5. The van der Waals surface area contributed by atoms with Crippen LogP contribution in [-0.4, -0.2) is 29.7 Å². The first kappa shape index (κ1) is 19.7. The number of amides is 1. The van der Waals surface area contributed by atoms with E-state index in [9.17, 15) is 9.90 Å². The lowest BCUT2D eigenvalue weighted by atomic mass is 9.84. The van der Waals surface area contributed by atoms with Crippen LogP contribution in [0.3, 0.4) is 0 Å². The average Bonchev–Trinajstić information content (AvgIpc) is 2.53. The minimum absolute atomic E-state index is 0. The van der Waals surface area contributed by atoms with E-state index in [0.29, 0.717) is 18.4 Å². The number of rotatable bonds is 6. The molecule has 0 radical (unpaired) electrons. The highest BCUT2D eigenvalue weighted by Crippen LogP contribution is 2.27. The summed E-state index contributed by atoms with van der Waals surface area (Å²) in [7, 11) is 0. The standard InChI is InChI=1S/C17H32N2O2.ClH/c18-15(11-13-7-3-1-4-8-13)16(20)17(21)19-12-14-9-5-2-6-10-14;/h13-16,20H,1-12,18H2,(H,19,21);1H/t15-,16?;/m1./s1. The maximum absolute atomic E-state index is 12.0. The first-order valence-corrected chi connectivity index (χ1v) is 8.88. The van der Waals surface area contributed by atoms with Gasteiger partial charge in [0.1, 0.15) is 6.10 Å². The number of carbonyl (C=O) groups is 1. The smallest absolute Gasteiger partial charge is 0.250 e. The van der Waals surface area contributed by atoms with E-state index in [0.717, 1.165) is 6.42 Å². The van der Waals surface area contributed by atoms with Crippen LogP contribution in [0.15, 0.2) is 0 Å². The van der Waals surface area contributed by atoms with Gasteiger partial charge in [0.2, 0.25) is 5.91 Å². The zero-order valence-electron chi connectivity index (χ0n) is 13.6. The quantitative estimate of drug-likeness (QED) is 0.700. The summed E-state index contributed by atoms with van der Waals surface area (Å²) < 4.78 is 0. The first-order valence-electron chi connectivity index (χ1n) is 8.88. The minimum Gasteiger partial charge on any atom is -0.382 e. The zero-order chi connectivity index (χ0) is 15.1. The van der Waals surface area contributed by atoms with Crippen molar-refractivity contribution in [1.82, 2.24) is 5.32 Å². The van der Waals surface area contributed by atoms with Gasteiger partial charge in [-0.15, -0.1) is 12.4 Å². The molecule has 5 heteroatoms. The zero-order valence-corrected chi connectivity index (χ0v) is 14.5. The third-order valence-corrected chi connectivity index (χ3v) is 5.29. The number of nitrogens with two attached hydrogens (primary N) is 1. The number of nitrogens with one attached hydrogen (secondary N) is 1. The van der Waals surface area contributed by atoms with E-state index in [4.69, 9.17) is 5.73 Å². The van der Waals surface area contributed by atoms with Crippen molar-refractivity contribution in [3.8, 4) is 0 Å². The predicted molar refractivity (Wildman–Crippen MR) is 92.0 cm³/mol. The number of hydrogen-bond acceptors (Lipinski definition) is 3. The number of halogens is 1. The summed E-state index contributed by atoms with van der Waals surface area (Å²) in [4.78, 5) is 12.0. The predicted octanol–water partition coefficient (Wildman–Crippen LogP) is 2.76. The van der Waals surface area contributed by atoms with Crippen LogP contribution < -0.4 is 11.1 Å². The third kappa shape index (κ3) is 6.43. The third-order valence-electron chi connectivity index (χ3n) is 5.29. The Morgan fingerprint density at radius 1 is 1.00 bits per heavy atom. The van der Waals surface area contributed by atoms with Crippen molar-refractivity contribution < 1.29 is 9.90 Å². The second kappa shape index (κ2) is 10.5. The Bertz CT molecular complexity index is 316. The molecule has 2 atom stereocenters. The van der Waals surface area contributed by atoms with Gasteiger partial charge in [0, 0.05) is 12.6 Å². The molecule has 1 amide bonds. The van der Waals surface area contributed by atoms with E-state index >= 15 is 0 Å². The van der Waals surface area contributed by atoms with E-state index in [1.165, 1.54) is 64.2 Å². The monoisotopic (exact) mass is 332 g/mol. The summed E-state index contributed by atoms with van der Waals surface area (Å²) in [5, 5.41) is 13.0. The van der Waals surface area contributed by atoms with Crippen LogP contribution >= 0.6 is 12.4 Å². The molecular formula is C17H33ClN2O2. The molecule has 0 saturated heterocycles. The van der Waals surface area contributed by atoms with Crippen molar-refractivity contribution in [2.24, 2.45) is 17.6 Å². The molecule has 4 nitrogen and oxygen atoms in total. The average molecular weight is 333 g/mol. The van der Waals surface area contributed by atoms with E-state index in [1.807, 2.05) is 0 Å². The first-order chi connectivity index (χ1) is 10.2. The van der Waals surface area contributed by atoms with Crippen LogP contribution in [-0.2, 0) is 4.79 Å². The fraction of sp³-hybridized carbons (Fsp3) is 0.941. The van der Waals surface area contributed by atoms with Crippen LogP contribution in [0.2, 0.25) is 0 Å². The summed E-state index contributed by atoms with van der Waals surface area (Å²) in [6, 6.07) is -0.417. The second-order valence-corrected chi connectivity index (χ2v) is 7.10. The Balaban J connectivity index is 0.00000242. The molecule has 2 rings (SSSR count). The molecule has 1 unspecified atom stereocenters. The fourth-order valence-corrected chi connectivity index (χ4v) is 3.87. The molecule has 2 aliphatic carbocycles. The van der Waals surface area contributed by atoms with Crippen molar-refractivity contribution in [2.45, 2.75) is 82.8 Å². The molecule has 0 heterocycles. The molecule has 2 aliphatic rings. The molecular weight excluding hydrogens is 300 g/mol.